The molecule has 1 aliphatic rings. The molecule has 0 aliphatic carbocycles. The molecule has 0 bridgehead atoms. The van der Waals surface area contributed by atoms with E-state index in [-0.39, 0.29) is 23.0 Å². The molecular formula is C29H35F2N3O7S2. The van der Waals surface area contributed by atoms with E-state index in [1.54, 1.807) is 49.3 Å². The summed E-state index contributed by atoms with van der Waals surface area (Å²) in [6, 6.07) is 5.70. The van der Waals surface area contributed by atoms with Crippen molar-refractivity contribution in [1.82, 2.24) is 9.88 Å². The van der Waals surface area contributed by atoms with E-state index >= 15 is 8.78 Å². The molecule has 1 aliphatic heterocycles. The normalized spacial score (nSPS) is 14.4. The van der Waals surface area contributed by atoms with Gasteiger partial charge in [0, 0.05) is 60.8 Å². The molecule has 0 radical (unpaired) electrons. The summed E-state index contributed by atoms with van der Waals surface area (Å²) < 4.78 is 82.0. The first kappa shape index (κ1) is 32.3. The molecule has 1 aromatic heterocycles. The van der Waals surface area contributed by atoms with E-state index in [0.29, 0.717) is 43.0 Å². The molecule has 4 rings (SSSR count). The van der Waals surface area contributed by atoms with Crippen molar-refractivity contribution in [2.24, 2.45) is 0 Å². The van der Waals surface area contributed by atoms with Crippen LogP contribution in [0.4, 0.5) is 18.7 Å². The average molecular weight is 640 g/mol. The van der Waals surface area contributed by atoms with Crippen molar-refractivity contribution in [2.75, 3.05) is 31.6 Å². The quantitative estimate of drug-likeness (QED) is 0.284. The third-order valence-corrected chi connectivity index (χ3v) is 9.43. The third kappa shape index (κ3) is 7.29. The summed E-state index contributed by atoms with van der Waals surface area (Å²) in [5, 5.41) is 1.58. The van der Waals surface area contributed by atoms with Gasteiger partial charge in [0.1, 0.15) is 34.8 Å². The van der Waals surface area contributed by atoms with E-state index in [4.69, 9.17) is 18.9 Å². The molecule has 1 amide bonds. The SMILES string of the molecule is COc1ccc(CN(c2nccs2)S(=O)(=O)c2c(F)cc(OC3CCN(C(=O)OC(C)(C)C)CC3)c(C)c2F)c(OC)c1. The number of rotatable bonds is 9. The molecule has 1 saturated heterocycles. The molecule has 1 fully saturated rings. The van der Waals surface area contributed by atoms with Crippen LogP contribution in [0.25, 0.3) is 0 Å². The number of sulfonamides is 1. The fourth-order valence-corrected chi connectivity index (χ4v) is 6.97. The van der Waals surface area contributed by atoms with Crippen molar-refractivity contribution < 1.29 is 40.9 Å². The van der Waals surface area contributed by atoms with Gasteiger partial charge in [-0.05, 0) is 39.8 Å². The van der Waals surface area contributed by atoms with Crippen LogP contribution in [0.2, 0.25) is 0 Å². The number of carbonyl (C=O) groups is 1. The number of methoxy groups -OCH3 is 2. The monoisotopic (exact) mass is 639 g/mol. The lowest BCUT2D eigenvalue weighted by Crippen LogP contribution is -2.44. The molecule has 2 heterocycles. The molecule has 0 spiro atoms. The lowest BCUT2D eigenvalue weighted by atomic mass is 10.1. The van der Waals surface area contributed by atoms with E-state index in [2.05, 4.69) is 4.98 Å². The predicted octanol–water partition coefficient (Wildman–Crippen LogP) is 5.92. The van der Waals surface area contributed by atoms with Gasteiger partial charge < -0.3 is 23.8 Å². The maximum atomic E-state index is 15.8. The molecule has 14 heteroatoms. The number of hydrogen-bond acceptors (Lipinski definition) is 9. The summed E-state index contributed by atoms with van der Waals surface area (Å²) in [5.41, 5.74) is -0.359. The maximum absolute atomic E-state index is 15.8. The Balaban J connectivity index is 1.59. The van der Waals surface area contributed by atoms with Crippen LogP contribution in [0.1, 0.15) is 44.7 Å². The zero-order valence-electron chi connectivity index (χ0n) is 24.8. The third-order valence-electron chi connectivity index (χ3n) is 6.75. The minimum absolute atomic E-state index is 0.0198. The molecule has 10 nitrogen and oxygen atoms in total. The molecule has 0 unspecified atom stereocenters. The van der Waals surface area contributed by atoms with Crippen LogP contribution in [-0.4, -0.2) is 63.4 Å². The van der Waals surface area contributed by atoms with Gasteiger partial charge in [-0.1, -0.05) is 0 Å². The molecule has 234 valence electrons. The van der Waals surface area contributed by atoms with Crippen molar-refractivity contribution in [3.05, 3.63) is 58.6 Å². The molecular weight excluding hydrogens is 604 g/mol. The van der Waals surface area contributed by atoms with Gasteiger partial charge >= 0.3 is 6.09 Å². The zero-order chi connectivity index (χ0) is 31.5. The molecule has 3 aromatic rings. The lowest BCUT2D eigenvalue weighted by Gasteiger charge is -2.33. The smallest absolute Gasteiger partial charge is 0.410 e. The number of carbonyl (C=O) groups excluding carboxylic acids is 1. The number of piperidine rings is 1. The van der Waals surface area contributed by atoms with Crippen molar-refractivity contribution >= 4 is 32.6 Å². The Hall–Kier alpha value is -3.65. The Labute approximate surface area is 254 Å². The van der Waals surface area contributed by atoms with Crippen molar-refractivity contribution in [3.8, 4) is 17.2 Å². The summed E-state index contributed by atoms with van der Waals surface area (Å²) in [4.78, 5) is 16.9. The van der Waals surface area contributed by atoms with E-state index in [1.807, 2.05) is 0 Å². The first-order valence-corrected chi connectivity index (χ1v) is 15.8. The van der Waals surface area contributed by atoms with Crippen molar-refractivity contribution in [1.29, 1.82) is 0 Å². The Morgan fingerprint density at radius 2 is 1.81 bits per heavy atom. The van der Waals surface area contributed by atoms with Crippen LogP contribution in [0.3, 0.4) is 0 Å². The first-order valence-electron chi connectivity index (χ1n) is 13.5. The van der Waals surface area contributed by atoms with Gasteiger partial charge in [-0.15, -0.1) is 11.3 Å². The molecule has 0 saturated carbocycles. The first-order chi connectivity index (χ1) is 20.2. The summed E-state index contributed by atoms with van der Waals surface area (Å²) in [5.74, 6) is -1.85. The second-order valence-corrected chi connectivity index (χ2v) is 13.6. The van der Waals surface area contributed by atoms with Gasteiger partial charge in [-0.25, -0.2) is 31.3 Å². The van der Waals surface area contributed by atoms with Crippen LogP contribution in [0.15, 0.2) is 40.7 Å². The minimum Gasteiger partial charge on any atom is -0.497 e. The van der Waals surface area contributed by atoms with Crippen LogP contribution in [0.5, 0.6) is 17.2 Å². The maximum Gasteiger partial charge on any atom is 0.410 e. The number of anilines is 1. The van der Waals surface area contributed by atoms with Gasteiger partial charge in [-0.3, -0.25) is 0 Å². The number of nitrogens with zero attached hydrogens (tertiary/aromatic N) is 3. The fourth-order valence-electron chi connectivity index (χ4n) is 4.54. The Kier molecular flexibility index (Phi) is 9.70. The van der Waals surface area contributed by atoms with Crippen LogP contribution in [0, 0.1) is 18.6 Å². The summed E-state index contributed by atoms with van der Waals surface area (Å²) in [6.45, 7) is 7.05. The van der Waals surface area contributed by atoms with Gasteiger partial charge in [0.25, 0.3) is 10.0 Å². The van der Waals surface area contributed by atoms with E-state index in [0.717, 1.165) is 21.7 Å². The molecule has 0 atom stereocenters. The summed E-state index contributed by atoms with van der Waals surface area (Å²) >= 11 is 1.00. The van der Waals surface area contributed by atoms with Crippen molar-refractivity contribution in [3.63, 3.8) is 0 Å². The fraction of sp³-hybridized carbons (Fsp3) is 0.448. The number of benzene rings is 2. The highest BCUT2D eigenvalue weighted by Gasteiger charge is 2.36. The number of amides is 1. The van der Waals surface area contributed by atoms with Gasteiger partial charge in [0.2, 0.25) is 0 Å². The lowest BCUT2D eigenvalue weighted by molar-refractivity contribution is 0.0125. The highest BCUT2D eigenvalue weighted by molar-refractivity contribution is 7.93. The highest BCUT2D eigenvalue weighted by atomic mass is 32.2. The molecule has 0 N–H and O–H groups in total. The van der Waals surface area contributed by atoms with E-state index in [1.165, 1.54) is 27.3 Å². The van der Waals surface area contributed by atoms with E-state index < -0.39 is 44.4 Å². The Morgan fingerprint density at radius 1 is 1.12 bits per heavy atom. The number of ether oxygens (including phenoxy) is 4. The Morgan fingerprint density at radius 3 is 2.40 bits per heavy atom. The average Bonchev–Trinajstić information content (AvgIpc) is 3.48. The zero-order valence-corrected chi connectivity index (χ0v) is 26.5. The number of thiazole rings is 1. The largest absolute Gasteiger partial charge is 0.497 e. The number of halogens is 2. The summed E-state index contributed by atoms with van der Waals surface area (Å²) in [7, 11) is -1.90. The summed E-state index contributed by atoms with van der Waals surface area (Å²) in [6.07, 6.45) is 1.34. The number of hydrogen-bond donors (Lipinski definition) is 0. The molecule has 43 heavy (non-hydrogen) atoms. The van der Waals surface area contributed by atoms with Crippen LogP contribution in [-0.2, 0) is 21.3 Å². The minimum atomic E-state index is -4.80. The van der Waals surface area contributed by atoms with Crippen LogP contribution >= 0.6 is 11.3 Å². The number of aromatic nitrogens is 1. The van der Waals surface area contributed by atoms with Crippen LogP contribution < -0.4 is 18.5 Å². The van der Waals surface area contributed by atoms with Gasteiger partial charge in [0.05, 0.1) is 20.8 Å². The molecule has 2 aromatic carbocycles. The highest BCUT2D eigenvalue weighted by Crippen LogP contribution is 2.37. The van der Waals surface area contributed by atoms with Crippen molar-refractivity contribution in [2.45, 2.75) is 63.7 Å². The Bertz CT molecular complexity index is 1550. The second kappa shape index (κ2) is 12.9. The number of likely N-dealkylation sites (tertiary alicyclic amines) is 1. The standard InChI is InChI=1S/C29H35F2N3O7S2/c1-18-23(40-20-9-12-33(13-10-20)28(35)41-29(2,3)4)16-22(30)26(25(18)31)43(36,37)34(27-32-11-14-42-27)17-19-7-8-21(38-5)15-24(19)39-6/h7-8,11,14-16,20H,9-10,12-13,17H2,1-6H3. The second-order valence-electron chi connectivity index (χ2n) is 10.9. The van der Waals surface area contributed by atoms with Gasteiger partial charge in [-0.2, -0.15) is 0 Å². The van der Waals surface area contributed by atoms with E-state index in [9.17, 15) is 13.2 Å². The predicted molar refractivity (Wildman–Crippen MR) is 158 cm³/mol. The topological polar surface area (TPSA) is 108 Å². The van der Waals surface area contributed by atoms with Gasteiger partial charge in [0.15, 0.2) is 15.8 Å².